The van der Waals surface area contributed by atoms with Crippen molar-refractivity contribution in [3.8, 4) is 0 Å². The van der Waals surface area contributed by atoms with Gasteiger partial charge >= 0.3 is 5.97 Å². The van der Waals surface area contributed by atoms with Crippen LogP contribution in [0.4, 0.5) is 0 Å². The molecule has 0 aromatic heterocycles. The van der Waals surface area contributed by atoms with Gasteiger partial charge in [-0.1, -0.05) is 19.3 Å². The monoisotopic (exact) mass is 257 g/mol. The standard InChI is InChI=1S/C14H27NO3/c1-4-18-13(16)14(2,10-11-17-3)15-12-8-6-5-7-9-12/h12,15H,4-11H2,1-3H3. The van der Waals surface area contributed by atoms with E-state index in [4.69, 9.17) is 9.47 Å². The molecule has 0 aromatic carbocycles. The Bertz CT molecular complexity index is 251. The first kappa shape index (κ1) is 15.4. The third kappa shape index (κ3) is 4.58. The van der Waals surface area contributed by atoms with Crippen molar-refractivity contribution in [1.29, 1.82) is 0 Å². The summed E-state index contributed by atoms with van der Waals surface area (Å²) in [6, 6.07) is 0.435. The normalized spacial score (nSPS) is 20.4. The van der Waals surface area contributed by atoms with Gasteiger partial charge in [0, 0.05) is 19.8 Å². The molecule has 0 radical (unpaired) electrons. The SMILES string of the molecule is CCOC(=O)C(C)(CCOC)NC1CCCCC1. The van der Waals surface area contributed by atoms with Crippen LogP contribution in [0.5, 0.6) is 0 Å². The Morgan fingerprint density at radius 1 is 1.33 bits per heavy atom. The van der Waals surface area contributed by atoms with Gasteiger partial charge in [0.2, 0.25) is 0 Å². The molecule has 1 N–H and O–H groups in total. The lowest BCUT2D eigenvalue weighted by Crippen LogP contribution is -2.55. The van der Waals surface area contributed by atoms with Crippen LogP contribution in [0.3, 0.4) is 0 Å². The zero-order valence-electron chi connectivity index (χ0n) is 12.0. The van der Waals surface area contributed by atoms with Gasteiger partial charge in [0.1, 0.15) is 5.54 Å². The topological polar surface area (TPSA) is 47.6 Å². The van der Waals surface area contributed by atoms with Crippen molar-refractivity contribution in [2.24, 2.45) is 0 Å². The zero-order chi connectivity index (χ0) is 13.4. The summed E-state index contributed by atoms with van der Waals surface area (Å²) in [5.74, 6) is -0.160. The molecule has 0 saturated heterocycles. The average Bonchev–Trinajstić information content (AvgIpc) is 2.38. The first-order valence-corrected chi connectivity index (χ1v) is 7.06. The average molecular weight is 257 g/mol. The molecule has 0 aromatic rings. The molecular weight excluding hydrogens is 230 g/mol. The maximum absolute atomic E-state index is 12.1. The van der Waals surface area contributed by atoms with Crippen molar-refractivity contribution < 1.29 is 14.3 Å². The molecule has 1 atom stereocenters. The lowest BCUT2D eigenvalue weighted by atomic mass is 9.90. The Morgan fingerprint density at radius 3 is 2.56 bits per heavy atom. The van der Waals surface area contributed by atoms with Crippen LogP contribution in [0.15, 0.2) is 0 Å². The van der Waals surface area contributed by atoms with Gasteiger partial charge in [0.15, 0.2) is 0 Å². The molecule has 0 spiro atoms. The zero-order valence-corrected chi connectivity index (χ0v) is 12.0. The maximum atomic E-state index is 12.1. The minimum atomic E-state index is -0.617. The Hall–Kier alpha value is -0.610. The molecule has 1 unspecified atom stereocenters. The highest BCUT2D eigenvalue weighted by molar-refractivity contribution is 5.80. The summed E-state index contributed by atoms with van der Waals surface area (Å²) in [7, 11) is 1.66. The third-order valence-electron chi connectivity index (χ3n) is 3.66. The number of nitrogens with one attached hydrogen (secondary N) is 1. The van der Waals surface area contributed by atoms with Crippen molar-refractivity contribution in [2.45, 2.75) is 64.0 Å². The molecular formula is C14H27NO3. The largest absolute Gasteiger partial charge is 0.465 e. The minimum Gasteiger partial charge on any atom is -0.465 e. The summed E-state index contributed by atoms with van der Waals surface area (Å²) in [4.78, 5) is 12.1. The Kier molecular flexibility index (Phi) is 6.65. The van der Waals surface area contributed by atoms with Crippen molar-refractivity contribution in [3.63, 3.8) is 0 Å². The highest BCUT2D eigenvalue weighted by atomic mass is 16.5. The number of esters is 1. The number of carbonyl (C=O) groups excluding carboxylic acids is 1. The van der Waals surface area contributed by atoms with E-state index in [-0.39, 0.29) is 5.97 Å². The van der Waals surface area contributed by atoms with E-state index in [1.807, 2.05) is 13.8 Å². The van der Waals surface area contributed by atoms with E-state index in [0.717, 1.165) is 12.8 Å². The van der Waals surface area contributed by atoms with E-state index >= 15 is 0 Å². The highest BCUT2D eigenvalue weighted by Crippen LogP contribution is 2.22. The van der Waals surface area contributed by atoms with Crippen LogP contribution in [-0.4, -0.2) is 37.9 Å². The van der Waals surface area contributed by atoms with Crippen molar-refractivity contribution in [1.82, 2.24) is 5.32 Å². The van der Waals surface area contributed by atoms with Crippen LogP contribution in [0, 0.1) is 0 Å². The van der Waals surface area contributed by atoms with Gasteiger partial charge in [-0.25, -0.2) is 0 Å². The van der Waals surface area contributed by atoms with Gasteiger partial charge in [0.05, 0.1) is 6.61 Å². The summed E-state index contributed by atoms with van der Waals surface area (Å²) in [5.41, 5.74) is -0.617. The summed E-state index contributed by atoms with van der Waals surface area (Å²) < 4.78 is 10.3. The first-order chi connectivity index (χ1) is 8.62. The second-order valence-corrected chi connectivity index (χ2v) is 5.27. The summed E-state index contributed by atoms with van der Waals surface area (Å²) in [6.45, 7) is 4.76. The fourth-order valence-corrected chi connectivity index (χ4v) is 2.53. The predicted octanol–water partition coefficient (Wildman–Crippen LogP) is 2.27. The van der Waals surface area contributed by atoms with E-state index in [9.17, 15) is 4.79 Å². The van der Waals surface area contributed by atoms with E-state index in [1.54, 1.807) is 7.11 Å². The van der Waals surface area contributed by atoms with E-state index < -0.39 is 5.54 Å². The van der Waals surface area contributed by atoms with Crippen LogP contribution >= 0.6 is 0 Å². The van der Waals surface area contributed by atoms with Crippen molar-refractivity contribution in [2.75, 3.05) is 20.3 Å². The number of hydrogen-bond acceptors (Lipinski definition) is 4. The molecule has 1 saturated carbocycles. The number of ether oxygens (including phenoxy) is 2. The molecule has 1 aliphatic carbocycles. The molecule has 1 fully saturated rings. The first-order valence-electron chi connectivity index (χ1n) is 7.06. The maximum Gasteiger partial charge on any atom is 0.326 e. The van der Waals surface area contributed by atoms with Gasteiger partial charge in [-0.3, -0.25) is 10.1 Å². The van der Waals surface area contributed by atoms with Crippen molar-refractivity contribution in [3.05, 3.63) is 0 Å². The van der Waals surface area contributed by atoms with E-state index in [0.29, 0.717) is 25.7 Å². The van der Waals surface area contributed by atoms with Crippen molar-refractivity contribution >= 4 is 5.97 Å². The van der Waals surface area contributed by atoms with Crippen LogP contribution in [0.25, 0.3) is 0 Å². The molecule has 1 aliphatic rings. The predicted molar refractivity (Wildman–Crippen MR) is 71.5 cm³/mol. The smallest absolute Gasteiger partial charge is 0.326 e. The Morgan fingerprint density at radius 2 is 2.00 bits per heavy atom. The lowest BCUT2D eigenvalue weighted by Gasteiger charge is -2.34. The number of methoxy groups -OCH3 is 1. The molecule has 0 bridgehead atoms. The van der Waals surface area contributed by atoms with Crippen LogP contribution < -0.4 is 5.32 Å². The number of rotatable bonds is 7. The van der Waals surface area contributed by atoms with Crippen LogP contribution in [-0.2, 0) is 14.3 Å². The molecule has 0 aliphatic heterocycles. The number of hydrogen-bond donors (Lipinski definition) is 1. The lowest BCUT2D eigenvalue weighted by molar-refractivity contribution is -0.151. The van der Waals surface area contributed by atoms with E-state index in [2.05, 4.69) is 5.32 Å². The molecule has 4 heteroatoms. The Balaban J connectivity index is 2.59. The van der Waals surface area contributed by atoms with Gasteiger partial charge in [0.25, 0.3) is 0 Å². The summed E-state index contributed by atoms with van der Waals surface area (Å²) in [5, 5.41) is 3.50. The van der Waals surface area contributed by atoms with Gasteiger partial charge in [-0.2, -0.15) is 0 Å². The quantitative estimate of drug-likeness (QED) is 0.711. The van der Waals surface area contributed by atoms with Crippen LogP contribution in [0.2, 0.25) is 0 Å². The van der Waals surface area contributed by atoms with Gasteiger partial charge < -0.3 is 9.47 Å². The molecule has 0 heterocycles. The molecule has 18 heavy (non-hydrogen) atoms. The number of carbonyl (C=O) groups is 1. The van der Waals surface area contributed by atoms with Gasteiger partial charge in [-0.15, -0.1) is 0 Å². The Labute approximate surface area is 110 Å². The fourth-order valence-electron chi connectivity index (χ4n) is 2.53. The highest BCUT2D eigenvalue weighted by Gasteiger charge is 2.36. The second kappa shape index (κ2) is 7.74. The third-order valence-corrected chi connectivity index (χ3v) is 3.66. The second-order valence-electron chi connectivity index (χ2n) is 5.27. The van der Waals surface area contributed by atoms with Crippen LogP contribution in [0.1, 0.15) is 52.4 Å². The molecule has 1 rings (SSSR count). The summed E-state index contributed by atoms with van der Waals surface area (Å²) >= 11 is 0. The minimum absolute atomic E-state index is 0.160. The summed E-state index contributed by atoms with van der Waals surface area (Å²) in [6.07, 6.45) is 6.77. The molecule has 4 nitrogen and oxygen atoms in total. The molecule has 0 amide bonds. The van der Waals surface area contributed by atoms with E-state index in [1.165, 1.54) is 19.3 Å². The van der Waals surface area contributed by atoms with Gasteiger partial charge in [-0.05, 0) is 33.1 Å². The molecule has 106 valence electrons. The fraction of sp³-hybridized carbons (Fsp3) is 0.929.